The second kappa shape index (κ2) is 14.4. The molecule has 0 aliphatic rings. The molecule has 0 saturated heterocycles. The maximum atomic E-state index is 13.7. The molecule has 5 nitrogen and oxygen atoms in total. The summed E-state index contributed by atoms with van der Waals surface area (Å²) in [6.07, 6.45) is 1.75. The van der Waals surface area contributed by atoms with Crippen LogP contribution in [0.25, 0.3) is 0 Å². The third kappa shape index (κ3) is 8.81. The molecule has 36 heavy (non-hydrogen) atoms. The van der Waals surface area contributed by atoms with E-state index >= 15 is 0 Å². The average Bonchev–Trinajstić information content (AvgIpc) is 2.89. The SMILES string of the molecule is CC(C)OCCCNC(=O)C(c1ccccc1)N(Cc1ccc(Cl)cc1)C(=O)CCc1ccccc1. The second-order valence-electron chi connectivity index (χ2n) is 9.01. The molecule has 0 fully saturated rings. The monoisotopic (exact) mass is 506 g/mol. The summed E-state index contributed by atoms with van der Waals surface area (Å²) < 4.78 is 5.59. The Kier molecular flexibility index (Phi) is 11.0. The fraction of sp³-hybridized carbons (Fsp3) is 0.333. The number of nitrogens with zero attached hydrogens (tertiary/aromatic N) is 1. The van der Waals surface area contributed by atoms with Crippen molar-refractivity contribution in [3.05, 3.63) is 107 Å². The fourth-order valence-electron chi connectivity index (χ4n) is 3.96. The molecule has 3 rings (SSSR count). The quantitative estimate of drug-likeness (QED) is 0.290. The summed E-state index contributed by atoms with van der Waals surface area (Å²) in [5.41, 5.74) is 2.77. The van der Waals surface area contributed by atoms with Crippen LogP contribution in [-0.4, -0.2) is 36.0 Å². The van der Waals surface area contributed by atoms with Gasteiger partial charge in [-0.15, -0.1) is 0 Å². The number of carbonyl (C=O) groups excluding carboxylic acids is 2. The van der Waals surface area contributed by atoms with E-state index in [1.54, 1.807) is 17.0 Å². The highest BCUT2D eigenvalue weighted by atomic mass is 35.5. The lowest BCUT2D eigenvalue weighted by atomic mass is 10.0. The molecule has 0 spiro atoms. The number of nitrogens with one attached hydrogen (secondary N) is 1. The lowest BCUT2D eigenvalue weighted by molar-refractivity contribution is -0.141. The van der Waals surface area contributed by atoms with Crippen LogP contribution >= 0.6 is 11.6 Å². The van der Waals surface area contributed by atoms with Gasteiger partial charge in [0, 0.05) is 31.1 Å². The molecule has 0 bridgehead atoms. The molecule has 1 unspecified atom stereocenters. The van der Waals surface area contributed by atoms with Gasteiger partial charge in [-0.25, -0.2) is 0 Å². The largest absolute Gasteiger partial charge is 0.379 e. The first-order valence-corrected chi connectivity index (χ1v) is 12.8. The highest BCUT2D eigenvalue weighted by molar-refractivity contribution is 6.30. The number of carbonyl (C=O) groups is 2. The predicted octanol–water partition coefficient (Wildman–Crippen LogP) is 5.97. The molecule has 6 heteroatoms. The lowest BCUT2D eigenvalue weighted by Gasteiger charge is -2.32. The zero-order valence-corrected chi connectivity index (χ0v) is 21.8. The first-order valence-electron chi connectivity index (χ1n) is 12.5. The van der Waals surface area contributed by atoms with Crippen molar-refractivity contribution in [3.8, 4) is 0 Å². The minimum absolute atomic E-state index is 0.0825. The summed E-state index contributed by atoms with van der Waals surface area (Å²) in [6, 6.07) is 26.0. The average molecular weight is 507 g/mol. The van der Waals surface area contributed by atoms with E-state index in [1.807, 2.05) is 86.6 Å². The first kappa shape index (κ1) is 27.4. The highest BCUT2D eigenvalue weighted by Crippen LogP contribution is 2.25. The van der Waals surface area contributed by atoms with Crippen LogP contribution in [-0.2, 0) is 27.3 Å². The van der Waals surface area contributed by atoms with Crippen molar-refractivity contribution in [2.24, 2.45) is 0 Å². The van der Waals surface area contributed by atoms with E-state index in [2.05, 4.69) is 5.32 Å². The maximum Gasteiger partial charge on any atom is 0.247 e. The van der Waals surface area contributed by atoms with Gasteiger partial charge in [-0.3, -0.25) is 9.59 Å². The normalized spacial score (nSPS) is 11.8. The number of aryl methyl sites for hydroxylation is 1. The molecule has 3 aromatic carbocycles. The number of rotatable bonds is 13. The van der Waals surface area contributed by atoms with E-state index in [4.69, 9.17) is 16.3 Å². The molecule has 0 radical (unpaired) electrons. The zero-order valence-electron chi connectivity index (χ0n) is 21.0. The van der Waals surface area contributed by atoms with Gasteiger partial charge in [0.1, 0.15) is 6.04 Å². The molecule has 190 valence electrons. The number of ether oxygens (including phenoxy) is 1. The van der Waals surface area contributed by atoms with Crippen LogP contribution in [0.2, 0.25) is 5.02 Å². The standard InChI is InChI=1S/C30H35ClN2O3/c1-23(2)36-21-9-20-32-30(35)29(26-12-7-4-8-13-26)33(22-25-14-17-27(31)18-15-25)28(34)19-16-24-10-5-3-6-11-24/h3-8,10-15,17-18,23,29H,9,16,19-22H2,1-2H3,(H,32,35). The minimum atomic E-state index is -0.754. The van der Waals surface area contributed by atoms with Gasteiger partial charge in [-0.05, 0) is 55.5 Å². The van der Waals surface area contributed by atoms with Crippen molar-refractivity contribution in [2.45, 2.75) is 51.8 Å². The van der Waals surface area contributed by atoms with E-state index < -0.39 is 6.04 Å². The van der Waals surface area contributed by atoms with Crippen molar-refractivity contribution in [1.82, 2.24) is 10.2 Å². The van der Waals surface area contributed by atoms with Gasteiger partial charge in [0.25, 0.3) is 0 Å². The van der Waals surface area contributed by atoms with Crippen LogP contribution < -0.4 is 5.32 Å². The van der Waals surface area contributed by atoms with Gasteiger partial charge in [0.15, 0.2) is 0 Å². The Morgan fingerprint density at radius 3 is 2.17 bits per heavy atom. The third-order valence-electron chi connectivity index (χ3n) is 5.80. The zero-order chi connectivity index (χ0) is 25.8. The minimum Gasteiger partial charge on any atom is -0.379 e. The molecule has 0 saturated carbocycles. The molecule has 1 atom stereocenters. The number of hydrogen-bond donors (Lipinski definition) is 1. The lowest BCUT2D eigenvalue weighted by Crippen LogP contribution is -2.44. The predicted molar refractivity (Wildman–Crippen MR) is 145 cm³/mol. The van der Waals surface area contributed by atoms with E-state index in [0.717, 1.165) is 16.7 Å². The number of halogens is 1. The fourth-order valence-corrected chi connectivity index (χ4v) is 4.08. The molecule has 0 aliphatic carbocycles. The molecule has 0 heterocycles. The summed E-state index contributed by atoms with van der Waals surface area (Å²) in [7, 11) is 0. The summed E-state index contributed by atoms with van der Waals surface area (Å²) in [5, 5.41) is 3.65. The van der Waals surface area contributed by atoms with Crippen LogP contribution in [0.3, 0.4) is 0 Å². The Labute approximate surface area is 219 Å². The van der Waals surface area contributed by atoms with Crippen molar-refractivity contribution < 1.29 is 14.3 Å². The van der Waals surface area contributed by atoms with Gasteiger partial charge in [-0.2, -0.15) is 0 Å². The van der Waals surface area contributed by atoms with Gasteiger partial charge in [-0.1, -0.05) is 84.4 Å². The Hall–Kier alpha value is -3.15. The molecule has 1 N–H and O–H groups in total. The summed E-state index contributed by atoms with van der Waals surface area (Å²) in [6.45, 7) is 5.31. The Morgan fingerprint density at radius 1 is 0.889 bits per heavy atom. The molecule has 0 aromatic heterocycles. The first-order chi connectivity index (χ1) is 17.4. The van der Waals surface area contributed by atoms with Gasteiger partial charge in [0.05, 0.1) is 6.10 Å². The van der Waals surface area contributed by atoms with Crippen molar-refractivity contribution >= 4 is 23.4 Å². The van der Waals surface area contributed by atoms with Crippen LogP contribution in [0.5, 0.6) is 0 Å². The van der Waals surface area contributed by atoms with Gasteiger partial charge < -0.3 is 15.0 Å². The third-order valence-corrected chi connectivity index (χ3v) is 6.06. The van der Waals surface area contributed by atoms with Crippen LogP contribution in [0.4, 0.5) is 0 Å². The van der Waals surface area contributed by atoms with E-state index in [1.165, 1.54) is 0 Å². The van der Waals surface area contributed by atoms with E-state index in [-0.39, 0.29) is 17.9 Å². The van der Waals surface area contributed by atoms with Crippen LogP contribution in [0.15, 0.2) is 84.9 Å². The van der Waals surface area contributed by atoms with Crippen LogP contribution in [0, 0.1) is 0 Å². The Bertz CT molecular complexity index is 1070. The second-order valence-corrected chi connectivity index (χ2v) is 9.45. The van der Waals surface area contributed by atoms with E-state index in [9.17, 15) is 9.59 Å². The molecule has 2 amide bonds. The summed E-state index contributed by atoms with van der Waals surface area (Å²) in [4.78, 5) is 28.9. The molecular weight excluding hydrogens is 472 g/mol. The van der Waals surface area contributed by atoms with Gasteiger partial charge in [0.2, 0.25) is 11.8 Å². The maximum absolute atomic E-state index is 13.7. The number of amides is 2. The smallest absolute Gasteiger partial charge is 0.247 e. The summed E-state index contributed by atoms with van der Waals surface area (Å²) >= 11 is 6.08. The van der Waals surface area contributed by atoms with Crippen LogP contribution in [0.1, 0.15) is 49.4 Å². The molecule has 3 aromatic rings. The Balaban J connectivity index is 1.83. The molecular formula is C30H35ClN2O3. The number of hydrogen-bond acceptors (Lipinski definition) is 3. The summed E-state index contributed by atoms with van der Waals surface area (Å²) in [5.74, 6) is -0.284. The van der Waals surface area contributed by atoms with Crippen molar-refractivity contribution in [3.63, 3.8) is 0 Å². The van der Waals surface area contributed by atoms with Crippen molar-refractivity contribution in [2.75, 3.05) is 13.2 Å². The Morgan fingerprint density at radius 2 is 1.53 bits per heavy atom. The van der Waals surface area contributed by atoms with E-state index in [0.29, 0.717) is 44.0 Å². The topological polar surface area (TPSA) is 58.6 Å². The van der Waals surface area contributed by atoms with Gasteiger partial charge >= 0.3 is 0 Å². The molecule has 0 aliphatic heterocycles. The number of benzene rings is 3. The van der Waals surface area contributed by atoms with Crippen molar-refractivity contribution in [1.29, 1.82) is 0 Å². The highest BCUT2D eigenvalue weighted by Gasteiger charge is 2.31.